The summed E-state index contributed by atoms with van der Waals surface area (Å²) in [5.41, 5.74) is 2.64. The Bertz CT molecular complexity index is 741. The number of methoxy groups -OCH3 is 1. The van der Waals surface area contributed by atoms with Crippen molar-refractivity contribution in [3.8, 4) is 5.75 Å². The summed E-state index contributed by atoms with van der Waals surface area (Å²) in [5, 5.41) is 0. The van der Waals surface area contributed by atoms with Gasteiger partial charge in [0.15, 0.2) is 0 Å². The van der Waals surface area contributed by atoms with Gasteiger partial charge in [-0.05, 0) is 25.5 Å². The molecule has 4 nitrogen and oxygen atoms in total. The Hall–Kier alpha value is -1.85. The predicted octanol–water partition coefficient (Wildman–Crippen LogP) is 3.18. The summed E-state index contributed by atoms with van der Waals surface area (Å²) in [5.74, 6) is 0.641. The van der Waals surface area contributed by atoms with Crippen LogP contribution in [0.5, 0.6) is 5.75 Å². The van der Waals surface area contributed by atoms with E-state index in [1.165, 1.54) is 0 Å². The van der Waals surface area contributed by atoms with E-state index in [1.807, 2.05) is 62.4 Å². The largest absolute Gasteiger partial charge is 0.496 e. The first-order valence-corrected chi connectivity index (χ1v) is 8.75. The van der Waals surface area contributed by atoms with E-state index in [9.17, 15) is 8.42 Å². The summed E-state index contributed by atoms with van der Waals surface area (Å²) >= 11 is 0. The molecule has 22 heavy (non-hydrogen) atoms. The number of benzene rings is 2. The molecule has 0 aliphatic rings. The second-order valence-corrected chi connectivity index (χ2v) is 7.08. The van der Waals surface area contributed by atoms with Gasteiger partial charge < -0.3 is 4.74 Å². The lowest BCUT2D eigenvalue weighted by Crippen LogP contribution is -2.28. The molecular weight excluding hydrogens is 298 g/mol. The third kappa shape index (κ3) is 4.32. The van der Waals surface area contributed by atoms with Crippen LogP contribution in [0.4, 0.5) is 0 Å². The topological polar surface area (TPSA) is 55.4 Å². The van der Waals surface area contributed by atoms with Crippen LogP contribution in [-0.2, 0) is 15.8 Å². The van der Waals surface area contributed by atoms with Crippen molar-refractivity contribution in [2.45, 2.75) is 25.6 Å². The molecule has 118 valence electrons. The van der Waals surface area contributed by atoms with Crippen LogP contribution in [0.1, 0.15) is 29.7 Å². The number of aryl methyl sites for hydroxylation is 1. The lowest BCUT2D eigenvalue weighted by molar-refractivity contribution is 0.405. The maximum Gasteiger partial charge on any atom is 0.216 e. The lowest BCUT2D eigenvalue weighted by Gasteiger charge is -2.17. The highest BCUT2D eigenvalue weighted by atomic mass is 32.2. The van der Waals surface area contributed by atoms with E-state index in [4.69, 9.17) is 4.74 Å². The standard InChI is InChI=1S/C17H21NO3S/c1-13-7-6-8-15(11-13)12-22(19,20)18-14(2)16-9-4-5-10-17(16)21-3/h4-11,14,18H,12H2,1-3H3/t14-/m0/s1. The van der Waals surface area contributed by atoms with E-state index in [0.717, 1.165) is 16.7 Å². The Morgan fingerprint density at radius 2 is 1.86 bits per heavy atom. The van der Waals surface area contributed by atoms with Crippen molar-refractivity contribution < 1.29 is 13.2 Å². The molecule has 1 atom stereocenters. The molecule has 5 heteroatoms. The summed E-state index contributed by atoms with van der Waals surface area (Å²) in [6.07, 6.45) is 0. The zero-order valence-electron chi connectivity index (χ0n) is 13.0. The molecule has 2 aromatic carbocycles. The molecule has 0 spiro atoms. The van der Waals surface area contributed by atoms with Crippen molar-refractivity contribution >= 4 is 10.0 Å². The van der Waals surface area contributed by atoms with Crippen LogP contribution in [0, 0.1) is 6.92 Å². The lowest BCUT2D eigenvalue weighted by atomic mass is 10.1. The van der Waals surface area contributed by atoms with Gasteiger partial charge in [-0.1, -0.05) is 48.0 Å². The van der Waals surface area contributed by atoms with Gasteiger partial charge in [0.1, 0.15) is 5.75 Å². The van der Waals surface area contributed by atoms with Crippen molar-refractivity contribution in [2.24, 2.45) is 0 Å². The fraction of sp³-hybridized carbons (Fsp3) is 0.294. The zero-order chi connectivity index (χ0) is 16.2. The quantitative estimate of drug-likeness (QED) is 0.889. The minimum atomic E-state index is -3.43. The molecule has 0 saturated heterocycles. The predicted molar refractivity (Wildman–Crippen MR) is 88.3 cm³/mol. The van der Waals surface area contributed by atoms with Crippen LogP contribution in [0.25, 0.3) is 0 Å². The first kappa shape index (κ1) is 16.5. The second kappa shape index (κ2) is 6.94. The van der Waals surface area contributed by atoms with Crippen molar-refractivity contribution in [3.63, 3.8) is 0 Å². The van der Waals surface area contributed by atoms with Crippen LogP contribution in [0.2, 0.25) is 0 Å². The molecule has 0 amide bonds. The Morgan fingerprint density at radius 1 is 1.14 bits per heavy atom. The van der Waals surface area contributed by atoms with E-state index in [-0.39, 0.29) is 11.8 Å². The van der Waals surface area contributed by atoms with Gasteiger partial charge in [0.05, 0.1) is 12.9 Å². The number of hydrogen-bond donors (Lipinski definition) is 1. The maximum atomic E-state index is 12.3. The van der Waals surface area contributed by atoms with Gasteiger partial charge >= 0.3 is 0 Å². The molecule has 0 radical (unpaired) electrons. The normalized spacial score (nSPS) is 12.9. The van der Waals surface area contributed by atoms with Gasteiger partial charge in [0.2, 0.25) is 10.0 Å². The summed E-state index contributed by atoms with van der Waals surface area (Å²) < 4.78 is 32.7. The minimum absolute atomic E-state index is 0.0336. The number of para-hydroxylation sites is 1. The van der Waals surface area contributed by atoms with Crippen molar-refractivity contribution in [2.75, 3.05) is 7.11 Å². The van der Waals surface area contributed by atoms with Gasteiger partial charge in [-0.25, -0.2) is 13.1 Å². The summed E-state index contributed by atoms with van der Waals surface area (Å²) in [6.45, 7) is 3.76. The van der Waals surface area contributed by atoms with E-state index < -0.39 is 10.0 Å². The van der Waals surface area contributed by atoms with Crippen LogP contribution in [0.15, 0.2) is 48.5 Å². The van der Waals surface area contributed by atoms with Gasteiger partial charge in [-0.3, -0.25) is 0 Å². The van der Waals surface area contributed by atoms with Gasteiger partial charge in [0.25, 0.3) is 0 Å². The van der Waals surface area contributed by atoms with Gasteiger partial charge in [-0.15, -0.1) is 0 Å². The minimum Gasteiger partial charge on any atom is -0.496 e. The highest BCUT2D eigenvalue weighted by Gasteiger charge is 2.18. The number of ether oxygens (including phenoxy) is 1. The number of hydrogen-bond acceptors (Lipinski definition) is 3. The van der Waals surface area contributed by atoms with E-state index in [0.29, 0.717) is 5.75 Å². The Labute approximate surface area is 132 Å². The number of nitrogens with one attached hydrogen (secondary N) is 1. The highest BCUT2D eigenvalue weighted by Crippen LogP contribution is 2.25. The molecule has 0 aromatic heterocycles. The Balaban J connectivity index is 2.14. The van der Waals surface area contributed by atoms with Crippen LogP contribution in [0.3, 0.4) is 0 Å². The van der Waals surface area contributed by atoms with E-state index in [2.05, 4.69) is 4.72 Å². The average Bonchev–Trinajstić information content (AvgIpc) is 2.46. The smallest absolute Gasteiger partial charge is 0.216 e. The van der Waals surface area contributed by atoms with Crippen LogP contribution < -0.4 is 9.46 Å². The third-order valence-electron chi connectivity index (χ3n) is 3.40. The molecule has 1 N–H and O–H groups in total. The first-order chi connectivity index (χ1) is 10.4. The molecule has 0 fully saturated rings. The van der Waals surface area contributed by atoms with Crippen molar-refractivity contribution in [3.05, 3.63) is 65.2 Å². The monoisotopic (exact) mass is 319 g/mol. The zero-order valence-corrected chi connectivity index (χ0v) is 13.9. The number of sulfonamides is 1. The first-order valence-electron chi connectivity index (χ1n) is 7.10. The molecule has 0 bridgehead atoms. The third-order valence-corrected chi connectivity index (χ3v) is 4.83. The molecule has 2 aromatic rings. The summed E-state index contributed by atoms with van der Waals surface area (Å²) in [4.78, 5) is 0. The van der Waals surface area contributed by atoms with E-state index >= 15 is 0 Å². The van der Waals surface area contributed by atoms with E-state index in [1.54, 1.807) is 7.11 Å². The van der Waals surface area contributed by atoms with Crippen LogP contribution in [-0.4, -0.2) is 15.5 Å². The molecule has 2 rings (SSSR count). The van der Waals surface area contributed by atoms with Crippen molar-refractivity contribution in [1.82, 2.24) is 4.72 Å². The fourth-order valence-electron chi connectivity index (χ4n) is 2.42. The SMILES string of the molecule is COc1ccccc1[C@H](C)NS(=O)(=O)Cc1cccc(C)c1. The van der Waals surface area contributed by atoms with Crippen LogP contribution >= 0.6 is 0 Å². The Kier molecular flexibility index (Phi) is 5.21. The molecule has 0 aliphatic heterocycles. The van der Waals surface area contributed by atoms with Gasteiger partial charge in [-0.2, -0.15) is 0 Å². The second-order valence-electron chi connectivity index (χ2n) is 5.33. The fourth-order valence-corrected chi connectivity index (χ4v) is 3.79. The van der Waals surface area contributed by atoms with Crippen molar-refractivity contribution in [1.29, 1.82) is 0 Å². The number of rotatable bonds is 6. The average molecular weight is 319 g/mol. The molecule has 0 aliphatic carbocycles. The summed E-state index contributed by atoms with van der Waals surface area (Å²) in [6, 6.07) is 14.6. The molecule has 0 heterocycles. The summed E-state index contributed by atoms with van der Waals surface area (Å²) in [7, 11) is -1.85. The van der Waals surface area contributed by atoms with Gasteiger partial charge in [0, 0.05) is 11.6 Å². The molecule has 0 unspecified atom stereocenters. The Morgan fingerprint density at radius 3 is 2.55 bits per heavy atom. The molecule has 0 saturated carbocycles. The maximum absolute atomic E-state index is 12.3. The molecular formula is C17H21NO3S. The highest BCUT2D eigenvalue weighted by molar-refractivity contribution is 7.88.